The van der Waals surface area contributed by atoms with Crippen LogP contribution < -0.4 is 5.43 Å². The molecule has 5 heteroatoms. The number of hydrazone groups is 1. The van der Waals surface area contributed by atoms with Gasteiger partial charge < -0.3 is 0 Å². The highest BCUT2D eigenvalue weighted by atomic mass is 35.5. The number of benzene rings is 2. The van der Waals surface area contributed by atoms with Gasteiger partial charge in [-0.15, -0.1) is 11.8 Å². The number of rotatable bonds is 6. The van der Waals surface area contributed by atoms with Crippen LogP contribution in [-0.4, -0.2) is 17.4 Å². The van der Waals surface area contributed by atoms with Gasteiger partial charge in [-0.3, -0.25) is 4.79 Å². The summed E-state index contributed by atoms with van der Waals surface area (Å²) in [4.78, 5) is 11.9. The van der Waals surface area contributed by atoms with Crippen molar-refractivity contribution in [3.63, 3.8) is 0 Å². The van der Waals surface area contributed by atoms with Crippen molar-refractivity contribution in [1.29, 1.82) is 0 Å². The van der Waals surface area contributed by atoms with E-state index < -0.39 is 0 Å². The lowest BCUT2D eigenvalue weighted by Gasteiger charge is -2.09. The van der Waals surface area contributed by atoms with E-state index in [-0.39, 0.29) is 11.2 Å². The number of nitrogens with one attached hydrogen (secondary N) is 1. The number of halogens is 1. The van der Waals surface area contributed by atoms with E-state index in [1.807, 2.05) is 37.3 Å². The van der Waals surface area contributed by atoms with E-state index in [0.717, 1.165) is 11.3 Å². The number of carbonyl (C=O) groups is 1. The monoisotopic (exact) mass is 332 g/mol. The third-order valence-corrected chi connectivity index (χ3v) is 4.44. The standard InChI is InChI=1S/C17H17ClN2OS/c1-13(22-12-15-5-3-2-4-6-15)17(21)20-19-11-14-7-9-16(18)10-8-14/h2-11,13H,12H2,1H3,(H,20,21)/b19-11+. The molecule has 2 aromatic rings. The number of nitrogens with zero attached hydrogens (tertiary/aromatic N) is 1. The molecule has 2 rings (SSSR count). The molecular formula is C17H17ClN2OS. The molecule has 1 unspecified atom stereocenters. The van der Waals surface area contributed by atoms with Gasteiger partial charge in [-0.1, -0.05) is 54.1 Å². The molecule has 0 saturated carbocycles. The molecule has 22 heavy (non-hydrogen) atoms. The molecule has 1 atom stereocenters. The second-order valence-corrected chi connectivity index (χ2v) is 6.49. The molecule has 0 aliphatic heterocycles. The van der Waals surface area contributed by atoms with Gasteiger partial charge in [-0.05, 0) is 30.2 Å². The molecule has 0 saturated heterocycles. The van der Waals surface area contributed by atoms with Crippen LogP contribution in [0.25, 0.3) is 0 Å². The second kappa shape index (κ2) is 8.61. The Balaban J connectivity index is 1.77. The maximum absolute atomic E-state index is 11.9. The van der Waals surface area contributed by atoms with Gasteiger partial charge >= 0.3 is 0 Å². The van der Waals surface area contributed by atoms with E-state index in [4.69, 9.17) is 11.6 Å². The highest BCUT2D eigenvalue weighted by molar-refractivity contribution is 7.99. The lowest BCUT2D eigenvalue weighted by Crippen LogP contribution is -2.26. The summed E-state index contributed by atoms with van der Waals surface area (Å²) in [5, 5.41) is 4.48. The van der Waals surface area contributed by atoms with E-state index in [1.54, 1.807) is 30.1 Å². The summed E-state index contributed by atoms with van der Waals surface area (Å²) >= 11 is 7.39. The Morgan fingerprint density at radius 1 is 1.23 bits per heavy atom. The number of hydrogen-bond acceptors (Lipinski definition) is 3. The molecular weight excluding hydrogens is 316 g/mol. The van der Waals surface area contributed by atoms with E-state index in [0.29, 0.717) is 5.02 Å². The van der Waals surface area contributed by atoms with Crippen LogP contribution >= 0.6 is 23.4 Å². The van der Waals surface area contributed by atoms with Gasteiger partial charge in [0.25, 0.3) is 5.91 Å². The number of thioether (sulfide) groups is 1. The van der Waals surface area contributed by atoms with Crippen molar-refractivity contribution in [3.05, 3.63) is 70.7 Å². The molecule has 0 bridgehead atoms. The Labute approximate surface area is 139 Å². The normalized spacial score (nSPS) is 12.3. The van der Waals surface area contributed by atoms with Crippen LogP contribution in [0.5, 0.6) is 0 Å². The Morgan fingerprint density at radius 3 is 2.59 bits per heavy atom. The first-order valence-corrected chi connectivity index (χ1v) is 8.32. The topological polar surface area (TPSA) is 41.5 Å². The van der Waals surface area contributed by atoms with Crippen LogP contribution in [0.15, 0.2) is 59.7 Å². The molecule has 0 fully saturated rings. The molecule has 114 valence electrons. The van der Waals surface area contributed by atoms with E-state index in [2.05, 4.69) is 22.7 Å². The Kier molecular flexibility index (Phi) is 6.49. The number of amides is 1. The second-order valence-electron chi connectivity index (χ2n) is 4.72. The first-order valence-electron chi connectivity index (χ1n) is 6.89. The Hall–Kier alpha value is -1.78. The van der Waals surface area contributed by atoms with Crippen LogP contribution in [0.2, 0.25) is 5.02 Å². The predicted molar refractivity (Wildman–Crippen MR) is 94.4 cm³/mol. The van der Waals surface area contributed by atoms with Crippen LogP contribution in [-0.2, 0) is 10.5 Å². The van der Waals surface area contributed by atoms with Crippen molar-refractivity contribution in [3.8, 4) is 0 Å². The molecule has 0 aliphatic rings. The minimum absolute atomic E-state index is 0.105. The third kappa shape index (κ3) is 5.54. The maximum atomic E-state index is 11.9. The molecule has 1 N–H and O–H groups in total. The molecule has 3 nitrogen and oxygen atoms in total. The SMILES string of the molecule is CC(SCc1ccccc1)C(=O)N/N=C/c1ccc(Cl)cc1. The maximum Gasteiger partial charge on any atom is 0.252 e. The van der Waals surface area contributed by atoms with Crippen LogP contribution in [0.3, 0.4) is 0 Å². The zero-order valence-electron chi connectivity index (χ0n) is 12.2. The highest BCUT2D eigenvalue weighted by Gasteiger charge is 2.12. The van der Waals surface area contributed by atoms with Gasteiger partial charge in [0.1, 0.15) is 0 Å². The summed E-state index contributed by atoms with van der Waals surface area (Å²) in [6.07, 6.45) is 1.60. The summed E-state index contributed by atoms with van der Waals surface area (Å²) < 4.78 is 0. The van der Waals surface area contributed by atoms with Crippen LogP contribution in [0.1, 0.15) is 18.1 Å². The number of hydrogen-bond donors (Lipinski definition) is 1. The van der Waals surface area contributed by atoms with Gasteiger partial charge in [0, 0.05) is 10.8 Å². The summed E-state index contributed by atoms with van der Waals surface area (Å²) in [5.74, 6) is 0.696. The first kappa shape index (κ1) is 16.6. The minimum Gasteiger partial charge on any atom is -0.272 e. The number of carbonyl (C=O) groups excluding carboxylic acids is 1. The molecule has 0 aromatic heterocycles. The van der Waals surface area contributed by atoms with Gasteiger partial charge in [-0.2, -0.15) is 5.10 Å². The van der Waals surface area contributed by atoms with E-state index in [1.165, 1.54) is 5.56 Å². The van der Waals surface area contributed by atoms with Crippen molar-refractivity contribution in [1.82, 2.24) is 5.43 Å². The minimum atomic E-state index is -0.164. The quantitative estimate of drug-likeness (QED) is 0.639. The van der Waals surface area contributed by atoms with E-state index in [9.17, 15) is 4.79 Å². The zero-order chi connectivity index (χ0) is 15.8. The zero-order valence-corrected chi connectivity index (χ0v) is 13.8. The predicted octanol–water partition coefficient (Wildman–Crippen LogP) is 4.11. The molecule has 0 spiro atoms. The lowest BCUT2D eigenvalue weighted by atomic mass is 10.2. The molecule has 0 heterocycles. The first-order chi connectivity index (χ1) is 10.6. The van der Waals surface area contributed by atoms with Crippen molar-refractivity contribution in [2.45, 2.75) is 17.9 Å². The summed E-state index contributed by atoms with van der Waals surface area (Å²) in [5.41, 5.74) is 4.65. The highest BCUT2D eigenvalue weighted by Crippen LogP contribution is 2.17. The van der Waals surface area contributed by atoms with Gasteiger partial charge in [0.15, 0.2) is 0 Å². The molecule has 2 aromatic carbocycles. The fraction of sp³-hybridized carbons (Fsp3) is 0.176. The summed E-state index contributed by atoms with van der Waals surface area (Å²) in [7, 11) is 0. The Morgan fingerprint density at radius 2 is 1.91 bits per heavy atom. The van der Waals surface area contributed by atoms with Crippen molar-refractivity contribution in [2.75, 3.05) is 0 Å². The van der Waals surface area contributed by atoms with Gasteiger partial charge in [-0.25, -0.2) is 5.43 Å². The molecule has 0 aliphatic carbocycles. The molecule has 1 amide bonds. The van der Waals surface area contributed by atoms with Gasteiger partial charge in [0.05, 0.1) is 11.5 Å². The average Bonchev–Trinajstić information content (AvgIpc) is 2.55. The van der Waals surface area contributed by atoms with Crippen LogP contribution in [0.4, 0.5) is 0 Å². The van der Waals surface area contributed by atoms with E-state index >= 15 is 0 Å². The van der Waals surface area contributed by atoms with Gasteiger partial charge in [0.2, 0.25) is 0 Å². The van der Waals surface area contributed by atoms with Crippen molar-refractivity contribution in [2.24, 2.45) is 5.10 Å². The Bertz CT molecular complexity index is 629. The fourth-order valence-electron chi connectivity index (χ4n) is 1.68. The largest absolute Gasteiger partial charge is 0.272 e. The fourth-order valence-corrected chi connectivity index (χ4v) is 2.65. The summed E-state index contributed by atoms with van der Waals surface area (Å²) in [6.45, 7) is 1.88. The molecule has 0 radical (unpaired) electrons. The van der Waals surface area contributed by atoms with Crippen molar-refractivity contribution < 1.29 is 4.79 Å². The lowest BCUT2D eigenvalue weighted by molar-refractivity contribution is -0.120. The third-order valence-electron chi connectivity index (χ3n) is 2.97. The van der Waals surface area contributed by atoms with Crippen LogP contribution in [0, 0.1) is 0 Å². The average molecular weight is 333 g/mol. The van der Waals surface area contributed by atoms with Crippen molar-refractivity contribution >= 4 is 35.5 Å². The smallest absolute Gasteiger partial charge is 0.252 e. The summed E-state index contributed by atoms with van der Waals surface area (Å²) in [6, 6.07) is 17.3.